The summed E-state index contributed by atoms with van der Waals surface area (Å²) in [6.07, 6.45) is 1.77. The molecule has 0 bridgehead atoms. The van der Waals surface area contributed by atoms with Gasteiger partial charge < -0.3 is 14.5 Å². The van der Waals surface area contributed by atoms with Gasteiger partial charge in [-0.05, 0) is 43.0 Å². The quantitative estimate of drug-likeness (QED) is 0.679. The summed E-state index contributed by atoms with van der Waals surface area (Å²) < 4.78 is 36.3. The van der Waals surface area contributed by atoms with Crippen LogP contribution in [-0.2, 0) is 16.4 Å². The van der Waals surface area contributed by atoms with Gasteiger partial charge in [-0.2, -0.15) is 0 Å². The third-order valence-electron chi connectivity index (χ3n) is 4.79. The highest BCUT2D eigenvalue weighted by atomic mass is 32.2. The van der Waals surface area contributed by atoms with Crippen molar-refractivity contribution in [2.45, 2.75) is 35.5 Å². The van der Waals surface area contributed by atoms with E-state index in [0.29, 0.717) is 27.5 Å². The predicted molar refractivity (Wildman–Crippen MR) is 105 cm³/mol. The normalized spacial score (nSPS) is 20.3. The fourth-order valence-corrected chi connectivity index (χ4v) is 6.48. The van der Waals surface area contributed by atoms with E-state index < -0.39 is 15.1 Å². The Labute approximate surface area is 167 Å². The van der Waals surface area contributed by atoms with Crippen molar-refractivity contribution in [3.05, 3.63) is 71.0 Å². The average Bonchev–Trinajstić information content (AvgIpc) is 3.35. The van der Waals surface area contributed by atoms with Crippen molar-refractivity contribution in [3.8, 4) is 5.75 Å². The molecule has 2 aromatic heterocycles. The van der Waals surface area contributed by atoms with E-state index in [4.69, 9.17) is 9.15 Å². The summed E-state index contributed by atoms with van der Waals surface area (Å²) in [6.45, 7) is 1.87. The van der Waals surface area contributed by atoms with Gasteiger partial charge >= 0.3 is 0 Å². The van der Waals surface area contributed by atoms with Crippen molar-refractivity contribution in [3.63, 3.8) is 0 Å². The number of benzene rings is 1. The lowest BCUT2D eigenvalue weighted by molar-refractivity contribution is 0.0902. The zero-order valence-corrected chi connectivity index (χ0v) is 16.8. The molecule has 146 valence electrons. The Morgan fingerprint density at radius 1 is 1.25 bits per heavy atom. The minimum Gasteiger partial charge on any atom is -0.489 e. The second kappa shape index (κ2) is 7.44. The van der Waals surface area contributed by atoms with Crippen molar-refractivity contribution < 1.29 is 22.4 Å². The Bertz CT molecular complexity index is 1080. The summed E-state index contributed by atoms with van der Waals surface area (Å²) >= 11 is 1.19. The summed E-state index contributed by atoms with van der Waals surface area (Å²) in [7, 11) is -3.32. The molecule has 1 aliphatic heterocycles. The van der Waals surface area contributed by atoms with Crippen LogP contribution < -0.4 is 10.1 Å². The number of hydrogen-bond donors (Lipinski definition) is 1. The highest BCUT2D eigenvalue weighted by Crippen LogP contribution is 2.39. The first kappa shape index (κ1) is 18.8. The molecule has 28 heavy (non-hydrogen) atoms. The zero-order chi connectivity index (χ0) is 19.7. The zero-order valence-electron chi connectivity index (χ0n) is 15.1. The van der Waals surface area contributed by atoms with E-state index >= 15 is 0 Å². The van der Waals surface area contributed by atoms with Gasteiger partial charge in [-0.15, -0.1) is 11.3 Å². The molecule has 1 aromatic carbocycles. The molecule has 8 heteroatoms. The van der Waals surface area contributed by atoms with Crippen molar-refractivity contribution in [2.24, 2.45) is 0 Å². The lowest BCUT2D eigenvalue weighted by atomic mass is 10.0. The number of carbonyl (C=O) groups is 1. The molecule has 0 fully saturated rings. The molecule has 4 rings (SSSR count). The van der Waals surface area contributed by atoms with E-state index in [1.54, 1.807) is 24.4 Å². The molecule has 1 amide bonds. The van der Waals surface area contributed by atoms with E-state index in [0.717, 1.165) is 0 Å². The number of fused-ring (bicyclic) bond motifs is 1. The molecule has 0 saturated heterocycles. The number of carbonyl (C=O) groups excluding carboxylic acids is 1. The summed E-state index contributed by atoms with van der Waals surface area (Å²) in [5.74, 6) is 0.489. The molecule has 3 aromatic rings. The third kappa shape index (κ3) is 3.45. The maximum absolute atomic E-state index is 12.8. The molecule has 0 spiro atoms. The summed E-state index contributed by atoms with van der Waals surface area (Å²) in [4.78, 5) is 12.8. The second-order valence-electron chi connectivity index (χ2n) is 6.66. The third-order valence-corrected chi connectivity index (χ3v) is 8.50. The number of nitrogens with one attached hydrogen (secondary N) is 1. The smallest absolute Gasteiger partial charge is 0.287 e. The fourth-order valence-electron chi connectivity index (χ4n) is 3.25. The molecular weight excluding hydrogens is 398 g/mol. The van der Waals surface area contributed by atoms with Gasteiger partial charge in [-0.3, -0.25) is 4.79 Å². The molecular formula is C20H19NO5S2. The summed E-state index contributed by atoms with van der Waals surface area (Å²) in [5.41, 5.74) is 1.27. The van der Waals surface area contributed by atoms with Crippen LogP contribution in [-0.4, -0.2) is 19.6 Å². The number of para-hydroxylation sites is 1. The van der Waals surface area contributed by atoms with E-state index in [1.165, 1.54) is 17.6 Å². The molecule has 1 aliphatic rings. The lowest BCUT2D eigenvalue weighted by Crippen LogP contribution is -2.36. The minimum atomic E-state index is -3.32. The predicted octanol–water partition coefficient (Wildman–Crippen LogP) is 3.96. The molecule has 0 radical (unpaired) electrons. The van der Waals surface area contributed by atoms with E-state index in [-0.39, 0.29) is 24.3 Å². The minimum absolute atomic E-state index is 0.175. The maximum Gasteiger partial charge on any atom is 0.287 e. The first-order valence-corrected chi connectivity index (χ1v) is 11.3. The van der Waals surface area contributed by atoms with Crippen LogP contribution in [0.4, 0.5) is 0 Å². The lowest BCUT2D eigenvalue weighted by Gasteiger charge is -2.27. The van der Waals surface area contributed by atoms with Gasteiger partial charge in [0.25, 0.3) is 5.91 Å². The van der Waals surface area contributed by atoms with Crippen LogP contribution in [0.15, 0.2) is 62.7 Å². The maximum atomic E-state index is 12.8. The molecule has 3 heterocycles. The van der Waals surface area contributed by atoms with Crippen LogP contribution in [0.2, 0.25) is 0 Å². The first-order chi connectivity index (χ1) is 13.5. The number of thiophene rings is 1. The van der Waals surface area contributed by atoms with E-state index in [9.17, 15) is 13.2 Å². The number of hydrogen-bond acceptors (Lipinski definition) is 6. The van der Waals surface area contributed by atoms with Crippen LogP contribution in [0.3, 0.4) is 0 Å². The fraction of sp³-hybridized carbons (Fsp3) is 0.250. The van der Waals surface area contributed by atoms with Crippen molar-refractivity contribution in [1.29, 1.82) is 0 Å². The average molecular weight is 418 g/mol. The van der Waals surface area contributed by atoms with Gasteiger partial charge in [0, 0.05) is 11.1 Å². The molecule has 2 atom stereocenters. The summed E-state index contributed by atoms with van der Waals surface area (Å²) in [6, 6.07) is 12.4. The Hall–Kier alpha value is -2.58. The van der Waals surface area contributed by atoms with Gasteiger partial charge in [0.1, 0.15) is 16.6 Å². The van der Waals surface area contributed by atoms with Crippen LogP contribution in [0.5, 0.6) is 5.75 Å². The molecule has 1 N–H and O–H groups in total. The number of sulfone groups is 1. The number of ether oxygens (including phenoxy) is 1. The van der Waals surface area contributed by atoms with E-state index in [2.05, 4.69) is 5.32 Å². The molecule has 0 aliphatic carbocycles. The van der Waals surface area contributed by atoms with Gasteiger partial charge in [0.2, 0.25) is 0 Å². The van der Waals surface area contributed by atoms with Gasteiger partial charge in [-0.25, -0.2) is 8.42 Å². The standard InChI is InChI=1S/C20H19NO5S2/c1-13-11-17(16-8-10-27-20(16)28(13,23)24)21-19(22)18-14(7-9-25-18)12-26-15-5-3-2-4-6-15/h2-10,13,17H,11-12H2,1H3,(H,21,22)/t13-,17-/m0/s1. The number of amides is 1. The molecule has 6 nitrogen and oxygen atoms in total. The van der Waals surface area contributed by atoms with Gasteiger partial charge in [0.05, 0.1) is 17.6 Å². The van der Waals surface area contributed by atoms with Crippen LogP contribution in [0, 0.1) is 0 Å². The highest BCUT2D eigenvalue weighted by Gasteiger charge is 2.38. The van der Waals surface area contributed by atoms with Gasteiger partial charge in [-0.1, -0.05) is 18.2 Å². The van der Waals surface area contributed by atoms with Crippen LogP contribution in [0.25, 0.3) is 0 Å². The molecule has 0 saturated carbocycles. The number of furan rings is 1. The monoisotopic (exact) mass is 417 g/mol. The van der Waals surface area contributed by atoms with Gasteiger partial charge in [0.15, 0.2) is 15.6 Å². The molecule has 0 unspecified atom stereocenters. The van der Waals surface area contributed by atoms with Crippen LogP contribution in [0.1, 0.15) is 41.1 Å². The topological polar surface area (TPSA) is 85.6 Å². The van der Waals surface area contributed by atoms with Crippen LogP contribution >= 0.6 is 11.3 Å². The van der Waals surface area contributed by atoms with Crippen molar-refractivity contribution in [1.82, 2.24) is 5.32 Å². The summed E-state index contributed by atoms with van der Waals surface area (Å²) in [5, 5.41) is 4.11. The second-order valence-corrected chi connectivity index (χ2v) is 10.1. The van der Waals surface area contributed by atoms with E-state index in [1.807, 2.05) is 30.3 Å². The SMILES string of the molecule is C[C@H]1C[C@H](NC(=O)c2occc2COc2ccccc2)c2ccsc2S1(=O)=O. The Morgan fingerprint density at radius 3 is 2.82 bits per heavy atom. The Balaban J connectivity index is 1.50. The Morgan fingerprint density at radius 2 is 2.04 bits per heavy atom. The first-order valence-electron chi connectivity index (χ1n) is 8.83. The largest absolute Gasteiger partial charge is 0.489 e. The Kier molecular flexibility index (Phi) is 4.99. The number of rotatable bonds is 5. The van der Waals surface area contributed by atoms with Crippen molar-refractivity contribution >= 4 is 27.1 Å². The highest BCUT2D eigenvalue weighted by molar-refractivity contribution is 7.94. The van der Waals surface area contributed by atoms with Crippen molar-refractivity contribution in [2.75, 3.05) is 0 Å².